The van der Waals surface area contributed by atoms with E-state index >= 15 is 0 Å². The Morgan fingerprint density at radius 1 is 1.36 bits per heavy atom. The zero-order valence-electron chi connectivity index (χ0n) is 8.27. The average Bonchev–Trinajstić information content (AvgIpc) is 2.20. The number of nitriles is 1. The number of phenolic OH excluding ortho intramolecular Hbond substituents is 1. The Hall–Kier alpha value is -1.53. The molecule has 0 unspecified atom stereocenters. The van der Waals surface area contributed by atoms with Crippen molar-refractivity contribution in [2.24, 2.45) is 0 Å². The number of phenols is 1. The summed E-state index contributed by atoms with van der Waals surface area (Å²) in [5.74, 6) is 0.275. The summed E-state index contributed by atoms with van der Waals surface area (Å²) in [5.41, 5.74) is 1.11. The minimum atomic E-state index is 0.275. The Bertz CT molecular complexity index is 313. The van der Waals surface area contributed by atoms with Crippen molar-refractivity contribution in [1.29, 1.82) is 5.26 Å². The lowest BCUT2D eigenvalue weighted by Crippen LogP contribution is -2.22. The Morgan fingerprint density at radius 2 is 2.00 bits per heavy atom. The van der Waals surface area contributed by atoms with Crippen molar-refractivity contribution in [3.63, 3.8) is 0 Å². The fraction of sp³-hybridized carbons (Fsp3) is 0.364. The van der Waals surface area contributed by atoms with Crippen molar-refractivity contribution in [1.82, 2.24) is 4.90 Å². The molecule has 0 bridgehead atoms. The van der Waals surface area contributed by atoms with Crippen LogP contribution in [0.25, 0.3) is 0 Å². The molecule has 0 amide bonds. The van der Waals surface area contributed by atoms with E-state index in [-0.39, 0.29) is 5.75 Å². The average molecular weight is 190 g/mol. The highest BCUT2D eigenvalue weighted by Crippen LogP contribution is 2.11. The van der Waals surface area contributed by atoms with E-state index in [0.717, 1.165) is 18.7 Å². The van der Waals surface area contributed by atoms with Crippen molar-refractivity contribution in [3.8, 4) is 11.8 Å². The molecule has 0 aliphatic carbocycles. The van der Waals surface area contributed by atoms with E-state index in [1.807, 2.05) is 24.0 Å². The number of hydrogen-bond acceptors (Lipinski definition) is 3. The van der Waals surface area contributed by atoms with Gasteiger partial charge in [-0.15, -0.1) is 0 Å². The second kappa shape index (κ2) is 5.25. The van der Waals surface area contributed by atoms with Crippen LogP contribution in [0.2, 0.25) is 0 Å². The van der Waals surface area contributed by atoms with Crippen molar-refractivity contribution in [2.75, 3.05) is 13.1 Å². The maximum atomic E-state index is 9.09. The molecular formula is C11H14N2O. The summed E-state index contributed by atoms with van der Waals surface area (Å²) < 4.78 is 0. The first-order valence-corrected chi connectivity index (χ1v) is 4.63. The van der Waals surface area contributed by atoms with Gasteiger partial charge in [0, 0.05) is 6.54 Å². The molecule has 0 aromatic heterocycles. The molecule has 0 heterocycles. The van der Waals surface area contributed by atoms with Gasteiger partial charge in [0.05, 0.1) is 12.6 Å². The first kappa shape index (κ1) is 10.6. The number of hydrogen-bond donors (Lipinski definition) is 1. The van der Waals surface area contributed by atoms with Crippen LogP contribution in [0.15, 0.2) is 24.3 Å². The van der Waals surface area contributed by atoms with Gasteiger partial charge in [-0.05, 0) is 24.2 Å². The molecule has 1 N–H and O–H groups in total. The molecule has 1 aromatic carbocycles. The number of rotatable bonds is 4. The molecule has 0 aliphatic rings. The quantitative estimate of drug-likeness (QED) is 0.735. The van der Waals surface area contributed by atoms with Gasteiger partial charge in [-0.2, -0.15) is 5.26 Å². The number of aromatic hydroxyl groups is 1. The van der Waals surface area contributed by atoms with Crippen LogP contribution < -0.4 is 0 Å². The van der Waals surface area contributed by atoms with Crippen LogP contribution in [-0.2, 0) is 6.54 Å². The predicted octanol–water partition coefficient (Wildman–Crippen LogP) is 1.74. The molecule has 0 saturated carbocycles. The standard InChI is InChI=1S/C11H14N2O/c1-2-13(8-7-12)9-10-3-5-11(14)6-4-10/h3-6,14H,2,8-9H2,1H3. The van der Waals surface area contributed by atoms with Crippen molar-refractivity contribution in [2.45, 2.75) is 13.5 Å². The Labute approximate surface area is 84.2 Å². The first-order valence-electron chi connectivity index (χ1n) is 4.63. The lowest BCUT2D eigenvalue weighted by Gasteiger charge is -2.16. The molecule has 0 fully saturated rings. The van der Waals surface area contributed by atoms with Gasteiger partial charge in [-0.1, -0.05) is 19.1 Å². The maximum Gasteiger partial charge on any atom is 0.115 e. The molecule has 74 valence electrons. The van der Waals surface area contributed by atoms with E-state index in [4.69, 9.17) is 10.4 Å². The lowest BCUT2D eigenvalue weighted by molar-refractivity contribution is 0.314. The van der Waals surface area contributed by atoms with Gasteiger partial charge in [-0.25, -0.2) is 0 Å². The second-order valence-electron chi connectivity index (χ2n) is 3.13. The highest BCUT2D eigenvalue weighted by Gasteiger charge is 2.02. The SMILES string of the molecule is CCN(CC#N)Cc1ccc(O)cc1. The van der Waals surface area contributed by atoms with E-state index < -0.39 is 0 Å². The van der Waals surface area contributed by atoms with Gasteiger partial charge in [0.1, 0.15) is 5.75 Å². The Balaban J connectivity index is 2.59. The molecule has 1 aromatic rings. The topological polar surface area (TPSA) is 47.3 Å². The molecule has 0 atom stereocenters. The smallest absolute Gasteiger partial charge is 0.115 e. The van der Waals surface area contributed by atoms with Crippen LogP contribution in [-0.4, -0.2) is 23.1 Å². The summed E-state index contributed by atoms with van der Waals surface area (Å²) in [6, 6.07) is 9.19. The van der Waals surface area contributed by atoms with Crippen LogP contribution in [0.5, 0.6) is 5.75 Å². The predicted molar refractivity (Wildman–Crippen MR) is 54.7 cm³/mol. The minimum Gasteiger partial charge on any atom is -0.508 e. The van der Waals surface area contributed by atoms with Gasteiger partial charge >= 0.3 is 0 Å². The molecule has 3 nitrogen and oxygen atoms in total. The summed E-state index contributed by atoms with van der Waals surface area (Å²) in [4.78, 5) is 2.03. The molecule has 0 saturated heterocycles. The molecular weight excluding hydrogens is 176 g/mol. The van der Waals surface area contributed by atoms with E-state index in [2.05, 4.69) is 6.07 Å². The lowest BCUT2D eigenvalue weighted by atomic mass is 10.2. The molecule has 0 radical (unpaired) electrons. The monoisotopic (exact) mass is 190 g/mol. The van der Waals surface area contributed by atoms with Gasteiger partial charge < -0.3 is 5.11 Å². The Morgan fingerprint density at radius 3 is 2.50 bits per heavy atom. The van der Waals surface area contributed by atoms with Gasteiger partial charge in [0.2, 0.25) is 0 Å². The fourth-order valence-electron chi connectivity index (χ4n) is 1.24. The van der Waals surface area contributed by atoms with Crippen LogP contribution in [0.4, 0.5) is 0 Å². The molecule has 1 rings (SSSR count). The third-order valence-corrected chi connectivity index (χ3v) is 2.08. The highest BCUT2D eigenvalue weighted by atomic mass is 16.3. The molecule has 0 spiro atoms. The van der Waals surface area contributed by atoms with Crippen molar-refractivity contribution in [3.05, 3.63) is 29.8 Å². The normalized spacial score (nSPS) is 10.1. The maximum absolute atomic E-state index is 9.09. The van der Waals surface area contributed by atoms with Gasteiger partial charge in [0.15, 0.2) is 0 Å². The second-order valence-corrected chi connectivity index (χ2v) is 3.13. The van der Waals surface area contributed by atoms with Crippen LogP contribution >= 0.6 is 0 Å². The summed E-state index contributed by atoms with van der Waals surface area (Å²) in [6.07, 6.45) is 0. The van der Waals surface area contributed by atoms with Gasteiger partial charge in [-0.3, -0.25) is 4.90 Å². The number of nitrogens with zero attached hydrogens (tertiary/aromatic N) is 2. The number of benzene rings is 1. The Kier molecular flexibility index (Phi) is 3.96. The molecule has 0 aliphatic heterocycles. The van der Waals surface area contributed by atoms with Crippen LogP contribution in [0.3, 0.4) is 0 Å². The van der Waals surface area contributed by atoms with E-state index in [0.29, 0.717) is 6.54 Å². The van der Waals surface area contributed by atoms with Gasteiger partial charge in [0.25, 0.3) is 0 Å². The summed E-state index contributed by atoms with van der Waals surface area (Å²) in [6.45, 7) is 4.08. The third kappa shape index (κ3) is 3.08. The van der Waals surface area contributed by atoms with E-state index in [1.54, 1.807) is 12.1 Å². The van der Waals surface area contributed by atoms with Crippen LogP contribution in [0.1, 0.15) is 12.5 Å². The molecule has 3 heteroatoms. The summed E-state index contributed by atoms with van der Waals surface area (Å²) in [7, 11) is 0. The van der Waals surface area contributed by atoms with E-state index in [9.17, 15) is 0 Å². The zero-order chi connectivity index (χ0) is 10.4. The summed E-state index contributed by atoms with van der Waals surface area (Å²) in [5, 5.41) is 17.6. The molecule has 14 heavy (non-hydrogen) atoms. The van der Waals surface area contributed by atoms with Crippen molar-refractivity contribution >= 4 is 0 Å². The highest BCUT2D eigenvalue weighted by molar-refractivity contribution is 5.25. The zero-order valence-corrected chi connectivity index (χ0v) is 8.27. The third-order valence-electron chi connectivity index (χ3n) is 2.08. The van der Waals surface area contributed by atoms with Crippen molar-refractivity contribution < 1.29 is 5.11 Å². The largest absolute Gasteiger partial charge is 0.508 e. The fourth-order valence-corrected chi connectivity index (χ4v) is 1.24. The van der Waals surface area contributed by atoms with E-state index in [1.165, 1.54) is 0 Å². The summed E-state index contributed by atoms with van der Waals surface area (Å²) >= 11 is 0. The van der Waals surface area contributed by atoms with Crippen LogP contribution in [0, 0.1) is 11.3 Å². The first-order chi connectivity index (χ1) is 6.76. The minimum absolute atomic E-state index is 0.275.